The quantitative estimate of drug-likeness (QED) is 0.488. The van der Waals surface area contributed by atoms with E-state index in [2.05, 4.69) is 26.6 Å². The van der Waals surface area contributed by atoms with Crippen molar-refractivity contribution in [1.82, 2.24) is 10.3 Å². The number of aryl methyl sites for hydroxylation is 2. The first-order chi connectivity index (χ1) is 17.8. The van der Waals surface area contributed by atoms with Crippen molar-refractivity contribution >= 4 is 23.3 Å². The monoisotopic (exact) mass is 498 g/mol. The summed E-state index contributed by atoms with van der Waals surface area (Å²) in [7, 11) is 1.62. The summed E-state index contributed by atoms with van der Waals surface area (Å²) in [6.07, 6.45) is 5.56. The highest BCUT2D eigenvalue weighted by atomic mass is 16.5. The number of piperidine rings is 1. The summed E-state index contributed by atoms with van der Waals surface area (Å²) in [5, 5.41) is 6.24. The summed E-state index contributed by atoms with van der Waals surface area (Å²) in [5.74, 6) is 1.40. The van der Waals surface area contributed by atoms with Crippen LogP contribution in [0.1, 0.15) is 63.1 Å². The number of hydrogen-bond donors (Lipinski definition) is 2. The molecule has 0 saturated carbocycles. The van der Waals surface area contributed by atoms with Crippen LogP contribution >= 0.6 is 0 Å². The van der Waals surface area contributed by atoms with Gasteiger partial charge in [0, 0.05) is 41.1 Å². The molecule has 2 aliphatic rings. The molecule has 5 rings (SSSR count). The van der Waals surface area contributed by atoms with E-state index in [1.807, 2.05) is 63.2 Å². The molecule has 1 aromatic heterocycles. The van der Waals surface area contributed by atoms with Gasteiger partial charge in [0.2, 0.25) is 0 Å². The number of anilines is 2. The van der Waals surface area contributed by atoms with Crippen molar-refractivity contribution in [3.8, 4) is 5.75 Å². The lowest BCUT2D eigenvalue weighted by molar-refractivity contribution is 0.0925. The summed E-state index contributed by atoms with van der Waals surface area (Å²) in [4.78, 5) is 32.9. The molecule has 2 amide bonds. The molecule has 2 N–H and O–H groups in total. The van der Waals surface area contributed by atoms with Crippen LogP contribution in [0.15, 0.2) is 54.7 Å². The highest BCUT2D eigenvalue weighted by molar-refractivity contribution is 6.04. The molecule has 3 heterocycles. The van der Waals surface area contributed by atoms with Gasteiger partial charge in [-0.2, -0.15) is 0 Å². The largest absolute Gasteiger partial charge is 0.496 e. The number of methoxy groups -OCH3 is 1. The minimum atomic E-state index is -0.165. The third-order valence-corrected chi connectivity index (χ3v) is 7.57. The third-order valence-electron chi connectivity index (χ3n) is 7.57. The topological polar surface area (TPSA) is 83.6 Å². The number of aromatic nitrogens is 1. The minimum Gasteiger partial charge on any atom is -0.496 e. The Kier molecular flexibility index (Phi) is 6.87. The van der Waals surface area contributed by atoms with E-state index >= 15 is 0 Å². The molecule has 192 valence electrons. The maximum absolute atomic E-state index is 13.0. The second kappa shape index (κ2) is 10.2. The predicted molar refractivity (Wildman–Crippen MR) is 146 cm³/mol. The van der Waals surface area contributed by atoms with Gasteiger partial charge in [0.05, 0.1) is 12.7 Å². The number of pyridine rings is 1. The van der Waals surface area contributed by atoms with Gasteiger partial charge in [-0.25, -0.2) is 4.98 Å². The third kappa shape index (κ3) is 5.17. The van der Waals surface area contributed by atoms with Gasteiger partial charge >= 0.3 is 0 Å². The summed E-state index contributed by atoms with van der Waals surface area (Å²) < 4.78 is 5.38. The van der Waals surface area contributed by atoms with Crippen LogP contribution in [0.5, 0.6) is 5.75 Å². The van der Waals surface area contributed by atoms with Crippen LogP contribution < -0.4 is 20.3 Å². The average Bonchev–Trinajstić information content (AvgIpc) is 3.13. The van der Waals surface area contributed by atoms with Crippen LogP contribution in [0.2, 0.25) is 0 Å². The first kappa shape index (κ1) is 24.8. The van der Waals surface area contributed by atoms with Crippen molar-refractivity contribution in [2.75, 3.05) is 17.3 Å². The fourth-order valence-corrected chi connectivity index (χ4v) is 5.94. The number of fused-ring (bicyclic) bond motifs is 2. The highest BCUT2D eigenvalue weighted by Gasteiger charge is 2.42. The Labute approximate surface area is 218 Å². The maximum atomic E-state index is 13.0. The molecular weight excluding hydrogens is 464 g/mol. The van der Waals surface area contributed by atoms with E-state index in [1.54, 1.807) is 13.3 Å². The Bertz CT molecular complexity index is 1290. The maximum Gasteiger partial charge on any atom is 0.257 e. The van der Waals surface area contributed by atoms with Crippen LogP contribution in [-0.2, 0) is 0 Å². The number of benzene rings is 2. The average molecular weight is 499 g/mol. The molecule has 3 aromatic rings. The predicted octanol–water partition coefficient (Wildman–Crippen LogP) is 5.20. The van der Waals surface area contributed by atoms with E-state index in [4.69, 9.17) is 4.74 Å². The number of carbonyl (C=O) groups is 2. The van der Waals surface area contributed by atoms with Crippen LogP contribution in [-0.4, -0.2) is 42.0 Å². The van der Waals surface area contributed by atoms with Crippen LogP contribution in [0, 0.1) is 20.8 Å². The molecule has 37 heavy (non-hydrogen) atoms. The molecule has 2 aliphatic heterocycles. The van der Waals surface area contributed by atoms with E-state index in [0.717, 1.165) is 59.6 Å². The molecule has 7 nitrogen and oxygen atoms in total. The normalized spacial score (nSPS) is 20.4. The first-order valence-corrected chi connectivity index (χ1v) is 12.9. The van der Waals surface area contributed by atoms with Gasteiger partial charge in [0.15, 0.2) is 0 Å². The summed E-state index contributed by atoms with van der Waals surface area (Å²) in [5.41, 5.74) is 5.05. The second-order valence-electron chi connectivity index (χ2n) is 10.3. The smallest absolute Gasteiger partial charge is 0.257 e. The molecule has 0 aliphatic carbocycles. The zero-order chi connectivity index (χ0) is 26.1. The summed E-state index contributed by atoms with van der Waals surface area (Å²) in [6, 6.07) is 16.1. The number of rotatable bonds is 6. The molecule has 2 aromatic carbocycles. The van der Waals surface area contributed by atoms with E-state index in [1.165, 1.54) is 0 Å². The van der Waals surface area contributed by atoms with Crippen molar-refractivity contribution in [3.63, 3.8) is 0 Å². The highest BCUT2D eigenvalue weighted by Crippen LogP contribution is 2.38. The minimum absolute atomic E-state index is 0.0495. The van der Waals surface area contributed by atoms with Crippen molar-refractivity contribution in [2.24, 2.45) is 0 Å². The molecule has 2 bridgehead atoms. The van der Waals surface area contributed by atoms with Crippen LogP contribution in [0.3, 0.4) is 0 Å². The summed E-state index contributed by atoms with van der Waals surface area (Å²) >= 11 is 0. The lowest BCUT2D eigenvalue weighted by Crippen LogP contribution is -2.50. The fraction of sp³-hybridized carbons (Fsp3) is 0.367. The van der Waals surface area contributed by atoms with E-state index < -0.39 is 0 Å². The lowest BCUT2D eigenvalue weighted by atomic mass is 9.96. The summed E-state index contributed by atoms with van der Waals surface area (Å²) in [6.45, 7) is 5.95. The molecule has 0 spiro atoms. The fourth-order valence-electron chi connectivity index (χ4n) is 5.94. The molecule has 7 heteroatoms. The zero-order valence-electron chi connectivity index (χ0n) is 21.9. The Morgan fingerprint density at radius 2 is 1.65 bits per heavy atom. The van der Waals surface area contributed by atoms with Gasteiger partial charge in [0.25, 0.3) is 11.8 Å². The van der Waals surface area contributed by atoms with E-state index in [0.29, 0.717) is 23.2 Å². The number of nitrogens with zero attached hydrogens (tertiary/aromatic N) is 2. The Hall–Kier alpha value is -3.87. The van der Waals surface area contributed by atoms with Crippen LogP contribution in [0.4, 0.5) is 11.5 Å². The van der Waals surface area contributed by atoms with Crippen LogP contribution in [0.25, 0.3) is 0 Å². The van der Waals surface area contributed by atoms with Crippen molar-refractivity contribution < 1.29 is 14.3 Å². The van der Waals surface area contributed by atoms with Crippen molar-refractivity contribution in [2.45, 2.75) is 64.6 Å². The van der Waals surface area contributed by atoms with E-state index in [9.17, 15) is 9.59 Å². The Morgan fingerprint density at radius 1 is 0.946 bits per heavy atom. The SMILES string of the molecule is COc1cccc(C(=O)NC2CC3CCC(C2)N3c2ccc(C(=O)Nc3cc(C)cc(C)c3)cn2)c1C. The molecule has 0 radical (unpaired) electrons. The van der Waals surface area contributed by atoms with Crippen molar-refractivity contribution in [1.29, 1.82) is 0 Å². The first-order valence-electron chi connectivity index (χ1n) is 12.9. The van der Waals surface area contributed by atoms with E-state index in [-0.39, 0.29) is 17.9 Å². The lowest BCUT2D eigenvalue weighted by Gasteiger charge is -2.40. The van der Waals surface area contributed by atoms with Gasteiger partial charge in [0.1, 0.15) is 11.6 Å². The molecule has 2 saturated heterocycles. The van der Waals surface area contributed by atoms with Gasteiger partial charge in [-0.3, -0.25) is 9.59 Å². The number of carbonyl (C=O) groups excluding carboxylic acids is 2. The number of ether oxygens (including phenoxy) is 1. The second-order valence-corrected chi connectivity index (χ2v) is 10.3. The van der Waals surface area contributed by atoms with Gasteiger partial charge < -0.3 is 20.3 Å². The number of amides is 2. The molecule has 2 fully saturated rings. The Balaban J connectivity index is 1.23. The zero-order valence-corrected chi connectivity index (χ0v) is 21.9. The Morgan fingerprint density at radius 3 is 2.27 bits per heavy atom. The van der Waals surface area contributed by atoms with Gasteiger partial charge in [-0.05, 0) is 94.0 Å². The number of hydrogen-bond acceptors (Lipinski definition) is 5. The van der Waals surface area contributed by atoms with Gasteiger partial charge in [-0.15, -0.1) is 0 Å². The molecule has 2 unspecified atom stereocenters. The van der Waals surface area contributed by atoms with Gasteiger partial charge in [-0.1, -0.05) is 12.1 Å². The standard InChI is InChI=1S/C30H34N4O3/c1-18-12-19(2)14-22(13-18)32-29(35)21-8-11-28(31-17-21)34-24-9-10-25(34)16-23(15-24)33-30(36)26-6-5-7-27(37-4)20(26)3/h5-8,11-14,17,23-25H,9-10,15-16H2,1-4H3,(H,32,35)(H,33,36). The number of nitrogens with one attached hydrogen (secondary N) is 2. The molecule has 2 atom stereocenters. The van der Waals surface area contributed by atoms with Crippen molar-refractivity contribution in [3.05, 3.63) is 82.5 Å². The molecular formula is C30H34N4O3.